The van der Waals surface area contributed by atoms with Crippen LogP contribution in [0.3, 0.4) is 0 Å². The minimum absolute atomic E-state index is 0.00947. The minimum Gasteiger partial charge on any atom is -0.469 e. The van der Waals surface area contributed by atoms with Gasteiger partial charge >= 0.3 is 5.97 Å². The van der Waals surface area contributed by atoms with E-state index in [1.165, 1.54) is 7.11 Å². The molecule has 26 heavy (non-hydrogen) atoms. The molecule has 0 aliphatic carbocycles. The maximum atomic E-state index is 12.8. The summed E-state index contributed by atoms with van der Waals surface area (Å²) >= 11 is 0. The summed E-state index contributed by atoms with van der Waals surface area (Å²) in [5.41, 5.74) is 0. The van der Waals surface area contributed by atoms with Crippen molar-refractivity contribution < 1.29 is 33.3 Å². The van der Waals surface area contributed by atoms with Crippen LogP contribution in [0.25, 0.3) is 0 Å². The Labute approximate surface area is 156 Å². The van der Waals surface area contributed by atoms with E-state index in [0.717, 1.165) is 0 Å². The molecule has 152 valence electrons. The van der Waals surface area contributed by atoms with Gasteiger partial charge in [-0.25, -0.2) is 0 Å². The van der Waals surface area contributed by atoms with Crippen LogP contribution < -0.4 is 0 Å². The Morgan fingerprint density at radius 2 is 1.23 bits per heavy atom. The van der Waals surface area contributed by atoms with E-state index in [2.05, 4.69) is 0 Å². The van der Waals surface area contributed by atoms with Crippen LogP contribution in [-0.4, -0.2) is 89.8 Å². The largest absolute Gasteiger partial charge is 0.469 e. The fourth-order valence-electron chi connectivity index (χ4n) is 2.68. The number of carbonyl (C=O) groups is 2. The van der Waals surface area contributed by atoms with Gasteiger partial charge in [0, 0.05) is 19.0 Å². The zero-order chi connectivity index (χ0) is 19.2. The van der Waals surface area contributed by atoms with Gasteiger partial charge in [-0.3, -0.25) is 9.59 Å². The maximum absolute atomic E-state index is 12.8. The van der Waals surface area contributed by atoms with Crippen molar-refractivity contribution in [2.75, 3.05) is 73.1 Å². The molecule has 0 spiro atoms. The third kappa shape index (κ3) is 9.47. The Morgan fingerprint density at radius 1 is 0.808 bits per heavy atom. The van der Waals surface area contributed by atoms with E-state index in [4.69, 9.17) is 23.7 Å². The predicted octanol–water partition coefficient (Wildman–Crippen LogP) is 0.730. The average Bonchev–Trinajstić information content (AvgIpc) is 2.65. The molecule has 1 heterocycles. The summed E-state index contributed by atoms with van der Waals surface area (Å²) in [5, 5.41) is 0. The van der Waals surface area contributed by atoms with Crippen LogP contribution >= 0.6 is 0 Å². The maximum Gasteiger partial charge on any atom is 0.308 e. The molecule has 1 aliphatic rings. The number of amides is 1. The minimum atomic E-state index is -0.316. The Bertz CT molecular complexity index is 389. The molecule has 0 aromatic rings. The van der Waals surface area contributed by atoms with Crippen molar-refractivity contribution in [2.24, 2.45) is 11.8 Å². The summed E-state index contributed by atoms with van der Waals surface area (Å²) in [7, 11) is 1.36. The quantitative estimate of drug-likeness (QED) is 0.670. The Balaban J connectivity index is 2.53. The third-order valence-electron chi connectivity index (χ3n) is 4.17. The molecule has 8 heteroatoms. The fourth-order valence-corrected chi connectivity index (χ4v) is 2.68. The van der Waals surface area contributed by atoms with Crippen molar-refractivity contribution >= 4 is 11.9 Å². The normalized spacial score (nSPS) is 21.1. The molecule has 0 N–H and O–H groups in total. The highest BCUT2D eigenvalue weighted by Gasteiger charge is 2.25. The lowest BCUT2D eigenvalue weighted by Gasteiger charge is -2.26. The van der Waals surface area contributed by atoms with Crippen LogP contribution in [0.2, 0.25) is 0 Å². The van der Waals surface area contributed by atoms with Gasteiger partial charge in [0.05, 0.1) is 65.9 Å². The number of carbonyl (C=O) groups excluding carboxylic acids is 2. The average molecular weight is 375 g/mol. The summed E-state index contributed by atoms with van der Waals surface area (Å²) in [5.74, 6) is -0.903. The van der Waals surface area contributed by atoms with E-state index in [1.54, 1.807) is 11.8 Å². The summed E-state index contributed by atoms with van der Waals surface area (Å²) in [4.78, 5) is 26.1. The smallest absolute Gasteiger partial charge is 0.308 e. The van der Waals surface area contributed by atoms with Crippen molar-refractivity contribution in [1.29, 1.82) is 0 Å². The van der Waals surface area contributed by atoms with Gasteiger partial charge in [-0.2, -0.15) is 0 Å². The first-order valence-corrected chi connectivity index (χ1v) is 9.23. The number of hydrogen-bond donors (Lipinski definition) is 0. The van der Waals surface area contributed by atoms with Gasteiger partial charge in [-0.05, 0) is 6.42 Å². The molecule has 2 atom stereocenters. The summed E-state index contributed by atoms with van der Waals surface area (Å²) in [6, 6.07) is 0. The van der Waals surface area contributed by atoms with Crippen LogP contribution in [0.4, 0.5) is 0 Å². The van der Waals surface area contributed by atoms with Crippen molar-refractivity contribution in [2.45, 2.75) is 20.3 Å². The van der Waals surface area contributed by atoms with Gasteiger partial charge < -0.3 is 28.6 Å². The fraction of sp³-hybridized carbons (Fsp3) is 0.889. The highest BCUT2D eigenvalue weighted by Crippen LogP contribution is 2.16. The standard InChI is InChI=1S/C18H33NO7/c1-15(14-16(2)18(21)22-3)17(20)19-4-6-23-8-10-25-12-13-26-11-9-24-7-5-19/h15-16H,4-14H2,1-3H3. The van der Waals surface area contributed by atoms with Crippen molar-refractivity contribution in [3.05, 3.63) is 0 Å². The van der Waals surface area contributed by atoms with Gasteiger partial charge in [0.2, 0.25) is 5.91 Å². The summed E-state index contributed by atoms with van der Waals surface area (Å²) < 4.78 is 26.6. The first-order chi connectivity index (χ1) is 12.6. The molecular weight excluding hydrogens is 342 g/mol. The Kier molecular flexibility index (Phi) is 12.2. The highest BCUT2D eigenvalue weighted by atomic mass is 16.6. The Hall–Kier alpha value is -1.22. The monoisotopic (exact) mass is 375 g/mol. The first-order valence-electron chi connectivity index (χ1n) is 9.23. The molecule has 0 bridgehead atoms. The van der Waals surface area contributed by atoms with E-state index < -0.39 is 0 Å². The second kappa shape index (κ2) is 13.9. The number of methoxy groups -OCH3 is 1. The van der Waals surface area contributed by atoms with E-state index in [-0.39, 0.29) is 23.7 Å². The van der Waals surface area contributed by atoms with Crippen LogP contribution in [0.5, 0.6) is 0 Å². The molecule has 0 saturated carbocycles. The molecule has 8 nitrogen and oxygen atoms in total. The molecule has 1 amide bonds. The van der Waals surface area contributed by atoms with Crippen molar-refractivity contribution in [3.8, 4) is 0 Å². The lowest BCUT2D eigenvalue weighted by Crippen LogP contribution is -2.40. The summed E-state index contributed by atoms with van der Waals surface area (Å²) in [6.07, 6.45) is 0.450. The zero-order valence-electron chi connectivity index (χ0n) is 16.2. The van der Waals surface area contributed by atoms with Gasteiger partial charge in [-0.15, -0.1) is 0 Å². The van der Waals surface area contributed by atoms with E-state index in [1.807, 2.05) is 6.92 Å². The number of rotatable bonds is 4. The molecule has 1 fully saturated rings. The van der Waals surface area contributed by atoms with Gasteiger partial charge in [-0.1, -0.05) is 13.8 Å². The van der Waals surface area contributed by atoms with E-state index in [0.29, 0.717) is 72.4 Å². The van der Waals surface area contributed by atoms with Crippen LogP contribution in [0, 0.1) is 11.8 Å². The van der Waals surface area contributed by atoms with Crippen LogP contribution in [-0.2, 0) is 33.3 Å². The van der Waals surface area contributed by atoms with Gasteiger partial charge in [0.25, 0.3) is 0 Å². The second-order valence-electron chi connectivity index (χ2n) is 6.34. The molecule has 1 rings (SSSR count). The lowest BCUT2D eigenvalue weighted by molar-refractivity contribution is -0.146. The molecule has 2 unspecified atom stereocenters. The molecule has 1 saturated heterocycles. The van der Waals surface area contributed by atoms with Crippen molar-refractivity contribution in [1.82, 2.24) is 4.90 Å². The van der Waals surface area contributed by atoms with E-state index in [9.17, 15) is 9.59 Å². The molecule has 1 aliphatic heterocycles. The highest BCUT2D eigenvalue weighted by molar-refractivity contribution is 5.79. The third-order valence-corrected chi connectivity index (χ3v) is 4.17. The van der Waals surface area contributed by atoms with Gasteiger partial charge in [0.1, 0.15) is 0 Å². The number of hydrogen-bond acceptors (Lipinski definition) is 7. The summed E-state index contributed by atoms with van der Waals surface area (Å²) in [6.45, 7) is 8.46. The zero-order valence-corrected chi connectivity index (χ0v) is 16.2. The predicted molar refractivity (Wildman–Crippen MR) is 94.8 cm³/mol. The molecule has 0 aromatic carbocycles. The topological polar surface area (TPSA) is 83.5 Å². The molecular formula is C18H33NO7. The lowest BCUT2D eigenvalue weighted by atomic mass is 9.96. The van der Waals surface area contributed by atoms with Crippen LogP contribution in [0.1, 0.15) is 20.3 Å². The molecule has 0 aromatic heterocycles. The second-order valence-corrected chi connectivity index (χ2v) is 6.34. The van der Waals surface area contributed by atoms with Crippen LogP contribution in [0.15, 0.2) is 0 Å². The number of nitrogens with zero attached hydrogens (tertiary/aromatic N) is 1. The van der Waals surface area contributed by atoms with Gasteiger partial charge in [0.15, 0.2) is 0 Å². The number of esters is 1. The van der Waals surface area contributed by atoms with Crippen molar-refractivity contribution in [3.63, 3.8) is 0 Å². The SMILES string of the molecule is COC(=O)C(C)CC(C)C(=O)N1CCOCCOCCOCCOCC1. The first kappa shape index (κ1) is 22.8. The number of ether oxygens (including phenoxy) is 5. The Morgan fingerprint density at radius 3 is 1.65 bits per heavy atom. The molecule has 0 radical (unpaired) electrons. The van der Waals surface area contributed by atoms with E-state index >= 15 is 0 Å².